The molecule has 0 radical (unpaired) electrons. The number of benzene rings is 2. The van der Waals surface area contributed by atoms with E-state index in [1.807, 2.05) is 54.6 Å². The molecule has 0 spiro atoms. The molecule has 2 atom stereocenters. The molecule has 25 heavy (non-hydrogen) atoms. The molecule has 6 nitrogen and oxygen atoms in total. The van der Waals surface area contributed by atoms with Crippen LogP contribution in [0.4, 0.5) is 5.69 Å². The summed E-state index contributed by atoms with van der Waals surface area (Å²) in [4.78, 5) is 24.0. The maximum atomic E-state index is 12.5. The average Bonchev–Trinajstić information content (AvgIpc) is 3.18. The van der Waals surface area contributed by atoms with Crippen molar-refractivity contribution < 1.29 is 11.0 Å². The van der Waals surface area contributed by atoms with Crippen LogP contribution in [-0.4, -0.2) is 37.0 Å². The van der Waals surface area contributed by atoms with Gasteiger partial charge in [-0.05, 0) is 29.7 Å². The number of carbonyl (C=O) groups excluding carboxylic acids is 2. The Morgan fingerprint density at radius 1 is 1.16 bits per heavy atom. The van der Waals surface area contributed by atoms with E-state index in [-0.39, 0.29) is 18.5 Å². The number of hydrogen-bond donors (Lipinski definition) is 4. The highest BCUT2D eigenvalue weighted by Gasteiger charge is 2.30. The van der Waals surface area contributed by atoms with Crippen LogP contribution >= 0.6 is 0 Å². The lowest BCUT2D eigenvalue weighted by atomic mass is 10.1. The van der Waals surface area contributed by atoms with Gasteiger partial charge in [0.15, 0.2) is 1.41 Å². The summed E-state index contributed by atoms with van der Waals surface area (Å²) in [5.41, 5.74) is 8.10. The van der Waals surface area contributed by atoms with E-state index in [0.29, 0.717) is 18.7 Å². The minimum Gasteiger partial charge on any atom is -0.351 e. The van der Waals surface area contributed by atoms with Gasteiger partial charge in [0.25, 0.3) is 0 Å². The lowest BCUT2D eigenvalue weighted by Crippen LogP contribution is -2.39. The Morgan fingerprint density at radius 3 is 2.68 bits per heavy atom. The molecule has 1 aliphatic heterocycles. The van der Waals surface area contributed by atoms with E-state index in [9.17, 15) is 9.59 Å². The molecular weight excluding hydrogens is 316 g/mol. The number of amides is 2. The molecule has 0 aromatic heterocycles. The second-order valence-corrected chi connectivity index (χ2v) is 6.01. The molecule has 0 saturated carbocycles. The summed E-state index contributed by atoms with van der Waals surface area (Å²) in [6.45, 7) is 0.195. The van der Waals surface area contributed by atoms with E-state index in [1.54, 1.807) is 0 Å². The Bertz CT molecular complexity index is 784. The summed E-state index contributed by atoms with van der Waals surface area (Å²) in [6, 6.07) is 16.8. The highest BCUT2D eigenvalue weighted by atomic mass is 16.2. The van der Waals surface area contributed by atoms with Gasteiger partial charge in [-0.15, -0.1) is 0 Å². The summed E-state index contributed by atoms with van der Waals surface area (Å²) in [5, 5.41) is 6.84. The van der Waals surface area contributed by atoms with E-state index < -0.39 is 11.9 Å². The van der Waals surface area contributed by atoms with Gasteiger partial charge in [0.05, 0.1) is 12.6 Å². The monoisotopic (exact) mass is 339 g/mol. The number of carbonyl (C=O) groups is 2. The summed E-state index contributed by atoms with van der Waals surface area (Å²) in [6.07, 6.45) is 0.388. The first-order chi connectivity index (χ1) is 12.6. The fraction of sp³-hybridized carbons (Fsp3) is 0.263. The number of nitrogens with one attached hydrogen (secondary N) is 3. The second kappa shape index (κ2) is 7.92. The van der Waals surface area contributed by atoms with Gasteiger partial charge in [0.2, 0.25) is 11.8 Å². The summed E-state index contributed by atoms with van der Waals surface area (Å²) in [5.74, 6) is -0.625. The normalized spacial score (nSPS) is 20.0. The molecule has 1 heterocycles. The van der Waals surface area contributed by atoms with E-state index in [2.05, 4.69) is 10.6 Å². The van der Waals surface area contributed by atoms with Gasteiger partial charge in [-0.1, -0.05) is 42.5 Å². The third-order valence-corrected chi connectivity index (χ3v) is 4.16. The zero-order valence-corrected chi connectivity index (χ0v) is 13.8. The highest BCUT2D eigenvalue weighted by Crippen LogP contribution is 2.22. The Balaban J connectivity index is 1.63. The first-order valence-electron chi connectivity index (χ1n) is 8.74. The van der Waals surface area contributed by atoms with Crippen molar-refractivity contribution in [3.8, 4) is 11.1 Å². The van der Waals surface area contributed by atoms with Crippen molar-refractivity contribution in [1.82, 2.24) is 10.6 Å². The minimum absolute atomic E-state index is 0.175. The molecular formula is C19H22N4O2. The van der Waals surface area contributed by atoms with Crippen LogP contribution in [0.5, 0.6) is 0 Å². The van der Waals surface area contributed by atoms with Crippen molar-refractivity contribution in [2.45, 2.75) is 18.5 Å². The minimum atomic E-state index is -0.451. The predicted molar refractivity (Wildman–Crippen MR) is 97.9 cm³/mol. The second-order valence-electron chi connectivity index (χ2n) is 6.01. The largest absolute Gasteiger partial charge is 0.351 e. The molecule has 5 N–H and O–H groups in total. The van der Waals surface area contributed by atoms with Crippen LogP contribution in [0.3, 0.4) is 0 Å². The molecule has 2 aromatic rings. The van der Waals surface area contributed by atoms with Gasteiger partial charge in [0, 0.05) is 18.3 Å². The van der Waals surface area contributed by atoms with E-state index >= 15 is 0 Å². The van der Waals surface area contributed by atoms with Gasteiger partial charge in [-0.2, -0.15) is 0 Å². The molecule has 2 aromatic carbocycles. The molecule has 0 bridgehead atoms. The van der Waals surface area contributed by atoms with Crippen LogP contribution in [0, 0.1) is 0 Å². The van der Waals surface area contributed by atoms with Crippen LogP contribution in [0.25, 0.3) is 11.1 Å². The van der Waals surface area contributed by atoms with Gasteiger partial charge in [0.1, 0.15) is 0 Å². The number of rotatable bonds is 5. The molecule has 0 unspecified atom stereocenters. The molecule has 1 aliphatic rings. The zero-order chi connectivity index (χ0) is 18.5. The quantitative estimate of drug-likeness (QED) is 0.656. The zero-order valence-electron chi connectivity index (χ0n) is 14.8. The summed E-state index contributed by atoms with van der Waals surface area (Å²) < 4.78 is 7.78. The summed E-state index contributed by atoms with van der Waals surface area (Å²) in [7, 11) is 0. The van der Waals surface area contributed by atoms with E-state index in [4.69, 9.17) is 7.15 Å². The van der Waals surface area contributed by atoms with Crippen LogP contribution in [-0.2, 0) is 9.59 Å². The summed E-state index contributed by atoms with van der Waals surface area (Å²) >= 11 is 0. The maximum Gasteiger partial charge on any atom is 0.241 e. The SMILES string of the molecule is [2H]N(C(=O)CN)[C@H]1CN[C@H](C(=O)Nc2cccc(-c3ccccc3)c2)C1. The maximum absolute atomic E-state index is 12.5. The lowest BCUT2D eigenvalue weighted by molar-refractivity contribution is -0.121. The number of nitrogens with two attached hydrogens (primary N) is 1. The van der Waals surface area contributed by atoms with Gasteiger partial charge in [-0.25, -0.2) is 0 Å². The number of hydrogen-bond acceptors (Lipinski definition) is 4. The fourth-order valence-electron chi connectivity index (χ4n) is 2.91. The van der Waals surface area contributed by atoms with Crippen LogP contribution in [0.15, 0.2) is 54.6 Å². The van der Waals surface area contributed by atoms with Crippen LogP contribution in [0.1, 0.15) is 6.42 Å². The average molecular weight is 339 g/mol. The highest BCUT2D eigenvalue weighted by molar-refractivity contribution is 5.95. The Labute approximate surface area is 148 Å². The van der Waals surface area contributed by atoms with Crippen molar-refractivity contribution in [3.05, 3.63) is 54.6 Å². The third kappa shape index (κ3) is 4.43. The van der Waals surface area contributed by atoms with Crippen molar-refractivity contribution in [2.75, 3.05) is 18.4 Å². The predicted octanol–water partition coefficient (Wildman–Crippen LogP) is 1.10. The van der Waals surface area contributed by atoms with Crippen LogP contribution in [0.2, 0.25) is 1.41 Å². The third-order valence-electron chi connectivity index (χ3n) is 4.16. The molecule has 6 heteroatoms. The number of anilines is 1. The van der Waals surface area contributed by atoms with Crippen molar-refractivity contribution in [2.24, 2.45) is 5.73 Å². The standard InChI is InChI=1S/C19H22N4O2/c20-11-18(24)22-16-10-17(21-12-16)19(25)23-15-8-4-7-14(9-15)13-5-2-1-3-6-13/h1-9,16-17,21H,10-12,20H2,(H,22,24)(H,23,25)/t16-,17+/m1/s1/i/hD. The Kier molecular flexibility index (Phi) is 5.00. The smallest absolute Gasteiger partial charge is 0.241 e. The Morgan fingerprint density at radius 2 is 1.92 bits per heavy atom. The molecule has 1 fully saturated rings. The first kappa shape index (κ1) is 15.8. The Hall–Kier alpha value is -2.70. The topological polar surface area (TPSA) is 96.2 Å². The van der Waals surface area contributed by atoms with Crippen molar-refractivity contribution >= 4 is 17.5 Å². The van der Waals surface area contributed by atoms with Crippen LogP contribution < -0.4 is 21.7 Å². The van der Waals surface area contributed by atoms with Crippen molar-refractivity contribution in [3.63, 3.8) is 0 Å². The molecule has 3 rings (SSSR count). The van der Waals surface area contributed by atoms with Crippen molar-refractivity contribution in [1.29, 1.82) is 0 Å². The fourth-order valence-corrected chi connectivity index (χ4v) is 2.91. The lowest BCUT2D eigenvalue weighted by Gasteiger charge is -2.13. The van der Waals surface area contributed by atoms with Gasteiger partial charge < -0.3 is 21.7 Å². The molecule has 1 saturated heterocycles. The molecule has 0 aliphatic carbocycles. The van der Waals surface area contributed by atoms with E-state index in [0.717, 1.165) is 16.4 Å². The first-order valence-corrected chi connectivity index (χ1v) is 8.29. The van der Waals surface area contributed by atoms with E-state index in [1.165, 1.54) is 0 Å². The molecule has 130 valence electrons. The molecule has 2 amide bonds. The van der Waals surface area contributed by atoms with Gasteiger partial charge in [-0.3, -0.25) is 9.59 Å². The van der Waals surface area contributed by atoms with Gasteiger partial charge >= 0.3 is 0 Å².